The van der Waals surface area contributed by atoms with Gasteiger partial charge in [-0.1, -0.05) is 13.8 Å². The van der Waals surface area contributed by atoms with Crippen molar-refractivity contribution < 1.29 is 9.84 Å². The third-order valence-electron chi connectivity index (χ3n) is 2.69. The van der Waals surface area contributed by atoms with Gasteiger partial charge in [-0.2, -0.15) is 0 Å². The van der Waals surface area contributed by atoms with E-state index in [-0.39, 0.29) is 6.10 Å². The van der Waals surface area contributed by atoms with E-state index in [0.29, 0.717) is 18.3 Å². The minimum absolute atomic E-state index is 0.0817. The Morgan fingerprint density at radius 1 is 1.35 bits per heavy atom. The fourth-order valence-corrected chi connectivity index (χ4v) is 1.79. The number of hydrogen-bond acceptors (Lipinski definition) is 4. The highest BCUT2D eigenvalue weighted by Gasteiger charge is 2.20. The van der Waals surface area contributed by atoms with Gasteiger partial charge in [-0.15, -0.1) is 0 Å². The van der Waals surface area contributed by atoms with Gasteiger partial charge in [0.2, 0.25) is 0 Å². The first-order valence-corrected chi connectivity index (χ1v) is 6.10. The molecular formula is C13H22N2O2. The summed E-state index contributed by atoms with van der Waals surface area (Å²) in [4.78, 5) is 8.74. The van der Waals surface area contributed by atoms with E-state index in [1.807, 2.05) is 13.8 Å². The fourth-order valence-electron chi connectivity index (χ4n) is 1.79. The summed E-state index contributed by atoms with van der Waals surface area (Å²) in [5.41, 5.74) is 1.59. The van der Waals surface area contributed by atoms with Crippen LogP contribution in [0.15, 0.2) is 6.20 Å². The monoisotopic (exact) mass is 238 g/mol. The van der Waals surface area contributed by atoms with Crippen molar-refractivity contribution in [2.75, 3.05) is 6.61 Å². The molecule has 4 nitrogen and oxygen atoms in total. The maximum atomic E-state index is 9.54. The zero-order valence-electron chi connectivity index (χ0n) is 11.3. The van der Waals surface area contributed by atoms with Crippen molar-refractivity contribution in [3.63, 3.8) is 0 Å². The van der Waals surface area contributed by atoms with Crippen LogP contribution in [-0.2, 0) is 4.74 Å². The molecule has 1 aromatic heterocycles. The van der Waals surface area contributed by atoms with E-state index in [4.69, 9.17) is 4.74 Å². The van der Waals surface area contributed by atoms with Gasteiger partial charge >= 0.3 is 0 Å². The van der Waals surface area contributed by atoms with Crippen LogP contribution in [0.4, 0.5) is 0 Å². The summed E-state index contributed by atoms with van der Waals surface area (Å²) in [7, 11) is 0. The molecule has 2 unspecified atom stereocenters. The molecule has 0 fully saturated rings. The Hall–Kier alpha value is -1.00. The molecule has 0 saturated carbocycles. The lowest BCUT2D eigenvalue weighted by Crippen LogP contribution is -2.16. The summed E-state index contributed by atoms with van der Waals surface area (Å²) in [6, 6.07) is 0. The van der Waals surface area contributed by atoms with Crippen LogP contribution in [0.2, 0.25) is 0 Å². The van der Waals surface area contributed by atoms with Crippen molar-refractivity contribution in [1.82, 2.24) is 9.97 Å². The summed E-state index contributed by atoms with van der Waals surface area (Å²) >= 11 is 0. The van der Waals surface area contributed by atoms with Crippen LogP contribution in [0.3, 0.4) is 0 Å². The zero-order valence-corrected chi connectivity index (χ0v) is 11.3. The van der Waals surface area contributed by atoms with Crippen molar-refractivity contribution in [2.45, 2.75) is 46.8 Å². The molecule has 0 amide bonds. The molecule has 0 bridgehead atoms. The average molecular weight is 238 g/mol. The van der Waals surface area contributed by atoms with E-state index in [9.17, 15) is 5.11 Å². The number of aliphatic hydroxyl groups is 1. The third kappa shape index (κ3) is 3.48. The Morgan fingerprint density at radius 2 is 2.00 bits per heavy atom. The lowest BCUT2D eigenvalue weighted by Gasteiger charge is -2.20. The van der Waals surface area contributed by atoms with Gasteiger partial charge in [0.15, 0.2) is 5.82 Å². The number of aliphatic hydroxyl groups excluding tert-OH is 1. The summed E-state index contributed by atoms with van der Waals surface area (Å²) < 4.78 is 5.66. The minimum atomic E-state index is -0.534. The molecule has 0 aliphatic heterocycles. The number of rotatable bonds is 5. The molecule has 0 aliphatic carbocycles. The van der Waals surface area contributed by atoms with Gasteiger partial charge in [0.05, 0.1) is 6.10 Å². The van der Waals surface area contributed by atoms with Crippen molar-refractivity contribution >= 4 is 0 Å². The van der Waals surface area contributed by atoms with Crippen LogP contribution >= 0.6 is 0 Å². The molecule has 1 rings (SSSR count). The topological polar surface area (TPSA) is 55.2 Å². The fraction of sp³-hybridized carbons (Fsp3) is 0.692. The Balaban J connectivity index is 3.02. The van der Waals surface area contributed by atoms with Gasteiger partial charge in [0.1, 0.15) is 6.10 Å². The second kappa shape index (κ2) is 6.07. The first-order chi connectivity index (χ1) is 7.97. The second-order valence-corrected chi connectivity index (χ2v) is 4.56. The normalized spacial score (nSPS) is 15.0. The lowest BCUT2D eigenvalue weighted by atomic mass is 10.1. The molecule has 0 aliphatic rings. The highest BCUT2D eigenvalue weighted by Crippen LogP contribution is 2.24. The molecule has 1 aromatic rings. The van der Waals surface area contributed by atoms with Crippen LogP contribution in [0.1, 0.15) is 57.0 Å². The summed E-state index contributed by atoms with van der Waals surface area (Å²) in [6.07, 6.45) is 1.08. The van der Waals surface area contributed by atoms with Crippen LogP contribution in [0, 0.1) is 12.8 Å². The van der Waals surface area contributed by atoms with E-state index in [0.717, 1.165) is 11.3 Å². The van der Waals surface area contributed by atoms with Gasteiger partial charge in [-0.05, 0) is 26.7 Å². The van der Waals surface area contributed by atoms with Crippen LogP contribution in [0.25, 0.3) is 0 Å². The Bertz CT molecular complexity index is 364. The smallest absolute Gasteiger partial charge is 0.157 e. The lowest BCUT2D eigenvalue weighted by molar-refractivity contribution is 0.0229. The molecule has 0 aromatic carbocycles. The van der Waals surface area contributed by atoms with Crippen molar-refractivity contribution in [2.24, 2.45) is 5.92 Å². The van der Waals surface area contributed by atoms with E-state index in [1.54, 1.807) is 13.1 Å². The predicted octanol–water partition coefficient (Wildman–Crippen LogP) is 2.57. The zero-order chi connectivity index (χ0) is 13.0. The number of nitrogens with zero attached hydrogens (tertiary/aromatic N) is 2. The van der Waals surface area contributed by atoms with Gasteiger partial charge < -0.3 is 9.84 Å². The molecular weight excluding hydrogens is 216 g/mol. The highest BCUT2D eigenvalue weighted by molar-refractivity contribution is 5.19. The van der Waals surface area contributed by atoms with Crippen LogP contribution in [-0.4, -0.2) is 21.7 Å². The molecule has 1 N–H and O–H groups in total. The van der Waals surface area contributed by atoms with Crippen LogP contribution < -0.4 is 0 Å². The number of hydrogen-bond donors (Lipinski definition) is 1. The van der Waals surface area contributed by atoms with Crippen molar-refractivity contribution in [3.05, 3.63) is 23.3 Å². The average Bonchev–Trinajstić information content (AvgIpc) is 2.24. The quantitative estimate of drug-likeness (QED) is 0.856. The highest BCUT2D eigenvalue weighted by atomic mass is 16.5. The van der Waals surface area contributed by atoms with E-state index in [1.165, 1.54) is 0 Å². The SMILES string of the molecule is CCOC(c1ncc(C(C)O)c(C)n1)C(C)C. The van der Waals surface area contributed by atoms with Gasteiger partial charge in [-0.3, -0.25) is 0 Å². The van der Waals surface area contributed by atoms with E-state index in [2.05, 4.69) is 23.8 Å². The molecule has 0 saturated heterocycles. The maximum absolute atomic E-state index is 9.54. The number of aromatic nitrogens is 2. The number of aryl methyl sites for hydroxylation is 1. The van der Waals surface area contributed by atoms with Gasteiger partial charge in [0.25, 0.3) is 0 Å². The van der Waals surface area contributed by atoms with Crippen molar-refractivity contribution in [3.8, 4) is 0 Å². The van der Waals surface area contributed by atoms with Gasteiger partial charge in [0, 0.05) is 24.1 Å². The van der Waals surface area contributed by atoms with E-state index >= 15 is 0 Å². The molecule has 0 radical (unpaired) electrons. The first-order valence-electron chi connectivity index (χ1n) is 6.10. The molecule has 0 spiro atoms. The first kappa shape index (κ1) is 14.1. The standard InChI is InChI=1S/C13H22N2O2/c1-6-17-12(8(2)3)13-14-7-11(10(5)16)9(4)15-13/h7-8,10,12,16H,6H2,1-5H3. The van der Waals surface area contributed by atoms with Gasteiger partial charge in [-0.25, -0.2) is 9.97 Å². The Labute approximate surface area is 103 Å². The van der Waals surface area contributed by atoms with E-state index < -0.39 is 6.10 Å². The maximum Gasteiger partial charge on any atom is 0.157 e. The van der Waals surface area contributed by atoms with Crippen LogP contribution in [0.5, 0.6) is 0 Å². The largest absolute Gasteiger partial charge is 0.389 e. The molecule has 96 valence electrons. The second-order valence-electron chi connectivity index (χ2n) is 4.56. The number of ether oxygens (including phenoxy) is 1. The molecule has 17 heavy (non-hydrogen) atoms. The summed E-state index contributed by atoms with van der Waals surface area (Å²) in [5, 5.41) is 9.54. The van der Waals surface area contributed by atoms with Crippen molar-refractivity contribution in [1.29, 1.82) is 0 Å². The summed E-state index contributed by atoms with van der Waals surface area (Å²) in [6.45, 7) is 10.4. The summed E-state index contributed by atoms with van der Waals surface area (Å²) in [5.74, 6) is 1.02. The molecule has 2 atom stereocenters. The third-order valence-corrected chi connectivity index (χ3v) is 2.69. The predicted molar refractivity (Wildman–Crippen MR) is 66.6 cm³/mol. The Kier molecular flexibility index (Phi) is 5.02. The molecule has 4 heteroatoms. The minimum Gasteiger partial charge on any atom is -0.389 e. The molecule has 1 heterocycles. The Morgan fingerprint density at radius 3 is 2.41 bits per heavy atom.